The molecule has 0 bridgehead atoms. The van der Waals surface area contributed by atoms with Crippen LogP contribution in [0.4, 0.5) is 0 Å². The molecule has 5 heteroatoms. The number of amides is 1. The molecule has 1 N–H and O–H groups in total. The maximum Gasteiger partial charge on any atom is 0.222 e. The first-order valence-electron chi connectivity index (χ1n) is 11.5. The molecule has 0 atom stereocenters. The molecule has 0 aliphatic carbocycles. The Morgan fingerprint density at radius 1 is 1.03 bits per heavy atom. The summed E-state index contributed by atoms with van der Waals surface area (Å²) < 4.78 is 8.32. The second kappa shape index (κ2) is 11.5. The minimum Gasteiger partial charge on any atom is -0.493 e. The van der Waals surface area contributed by atoms with Gasteiger partial charge in [0.05, 0.1) is 17.6 Å². The monoisotopic (exact) mass is 421 g/mol. The van der Waals surface area contributed by atoms with Crippen LogP contribution in [0, 0.1) is 12.8 Å². The molecule has 1 amide bonds. The molecule has 5 nitrogen and oxygen atoms in total. The number of hydrogen-bond donors (Lipinski definition) is 1. The van der Waals surface area contributed by atoms with Crippen molar-refractivity contribution in [1.82, 2.24) is 14.9 Å². The normalized spacial score (nSPS) is 11.2. The number of imidazole rings is 1. The zero-order valence-electron chi connectivity index (χ0n) is 19.1. The zero-order chi connectivity index (χ0) is 22.1. The third kappa shape index (κ3) is 6.58. The number of carbonyl (C=O) groups is 1. The number of unbranched alkanes of at least 4 members (excludes halogenated alkanes) is 2. The highest BCUT2D eigenvalue weighted by Crippen LogP contribution is 2.20. The number of hydrogen-bond acceptors (Lipinski definition) is 3. The van der Waals surface area contributed by atoms with Gasteiger partial charge in [0, 0.05) is 25.4 Å². The van der Waals surface area contributed by atoms with Gasteiger partial charge in [-0.25, -0.2) is 4.98 Å². The van der Waals surface area contributed by atoms with Gasteiger partial charge >= 0.3 is 0 Å². The van der Waals surface area contributed by atoms with E-state index in [4.69, 9.17) is 9.72 Å². The molecule has 1 aromatic heterocycles. The molecule has 0 saturated heterocycles. The lowest BCUT2D eigenvalue weighted by Gasteiger charge is -2.12. The summed E-state index contributed by atoms with van der Waals surface area (Å²) in [7, 11) is 0. The number of nitrogens with one attached hydrogen (secondary N) is 1. The van der Waals surface area contributed by atoms with E-state index < -0.39 is 0 Å². The van der Waals surface area contributed by atoms with E-state index in [2.05, 4.69) is 41.1 Å². The van der Waals surface area contributed by atoms with Crippen molar-refractivity contribution in [2.24, 2.45) is 5.92 Å². The van der Waals surface area contributed by atoms with Crippen LogP contribution in [-0.2, 0) is 17.8 Å². The van der Waals surface area contributed by atoms with E-state index in [9.17, 15) is 4.79 Å². The van der Waals surface area contributed by atoms with E-state index >= 15 is 0 Å². The predicted molar refractivity (Wildman–Crippen MR) is 126 cm³/mol. The molecule has 0 spiro atoms. The van der Waals surface area contributed by atoms with Crippen molar-refractivity contribution in [1.29, 1.82) is 0 Å². The summed E-state index contributed by atoms with van der Waals surface area (Å²) in [4.78, 5) is 16.5. The minimum absolute atomic E-state index is 0.0506. The van der Waals surface area contributed by atoms with Crippen molar-refractivity contribution in [3.63, 3.8) is 0 Å². The van der Waals surface area contributed by atoms with Crippen molar-refractivity contribution < 1.29 is 9.53 Å². The molecule has 3 rings (SSSR count). The quantitative estimate of drug-likeness (QED) is 0.404. The second-order valence-electron chi connectivity index (χ2n) is 8.39. The van der Waals surface area contributed by atoms with Gasteiger partial charge in [-0.1, -0.05) is 50.6 Å². The summed E-state index contributed by atoms with van der Waals surface area (Å²) in [6.07, 6.45) is 5.04. The molecule has 2 aromatic carbocycles. The number of benzene rings is 2. The molecule has 0 aliphatic rings. The van der Waals surface area contributed by atoms with Gasteiger partial charge in [-0.15, -0.1) is 0 Å². The fourth-order valence-corrected chi connectivity index (χ4v) is 3.69. The van der Waals surface area contributed by atoms with Gasteiger partial charge in [-0.3, -0.25) is 4.79 Å². The largest absolute Gasteiger partial charge is 0.493 e. The molecule has 0 aliphatic heterocycles. The summed E-state index contributed by atoms with van der Waals surface area (Å²) in [6, 6.07) is 16.5. The number of nitrogens with zero attached hydrogens (tertiary/aromatic N) is 2. The summed E-state index contributed by atoms with van der Waals surface area (Å²) in [5, 5.41) is 2.99. The summed E-state index contributed by atoms with van der Waals surface area (Å²) >= 11 is 0. The summed E-state index contributed by atoms with van der Waals surface area (Å²) in [6.45, 7) is 8.25. The Morgan fingerprint density at radius 3 is 2.61 bits per heavy atom. The molecule has 3 aromatic rings. The third-order valence-corrected chi connectivity index (χ3v) is 5.51. The van der Waals surface area contributed by atoms with E-state index in [0.29, 0.717) is 6.61 Å². The number of para-hydroxylation sites is 3. The highest BCUT2D eigenvalue weighted by molar-refractivity contribution is 5.77. The molecular formula is C26H35N3O2. The molecule has 166 valence electrons. The number of ether oxygens (including phenoxy) is 1. The van der Waals surface area contributed by atoms with Crippen LogP contribution in [0.15, 0.2) is 48.5 Å². The molecule has 0 unspecified atom stereocenters. The number of carbonyl (C=O) groups excluding carboxylic acids is 1. The van der Waals surface area contributed by atoms with E-state index in [0.717, 1.165) is 62.3 Å². The fourth-order valence-electron chi connectivity index (χ4n) is 3.69. The Hall–Kier alpha value is -2.82. The van der Waals surface area contributed by atoms with E-state index in [-0.39, 0.29) is 11.8 Å². The molecule has 31 heavy (non-hydrogen) atoms. The van der Waals surface area contributed by atoms with Crippen molar-refractivity contribution in [2.75, 3.05) is 13.2 Å². The van der Waals surface area contributed by atoms with E-state index in [1.165, 1.54) is 11.1 Å². The number of rotatable bonds is 12. The van der Waals surface area contributed by atoms with Crippen molar-refractivity contribution in [3.05, 3.63) is 59.9 Å². The van der Waals surface area contributed by atoms with Crippen LogP contribution >= 0.6 is 0 Å². The Labute approximate surface area is 185 Å². The van der Waals surface area contributed by atoms with E-state index in [1.54, 1.807) is 0 Å². The fraction of sp³-hybridized carbons (Fsp3) is 0.462. The van der Waals surface area contributed by atoms with Gasteiger partial charge < -0.3 is 14.6 Å². The summed E-state index contributed by atoms with van der Waals surface area (Å²) in [5.74, 6) is 2.29. The van der Waals surface area contributed by atoms with Gasteiger partial charge in [0.15, 0.2) is 0 Å². The first-order chi connectivity index (χ1) is 15.1. The van der Waals surface area contributed by atoms with Crippen molar-refractivity contribution in [3.8, 4) is 5.75 Å². The molecule has 0 radical (unpaired) electrons. The zero-order valence-corrected chi connectivity index (χ0v) is 19.1. The molecule has 0 fully saturated rings. The van der Waals surface area contributed by atoms with Crippen LogP contribution in [0.5, 0.6) is 5.75 Å². The lowest BCUT2D eigenvalue weighted by atomic mass is 10.1. The second-order valence-corrected chi connectivity index (χ2v) is 8.39. The average molecular weight is 422 g/mol. The highest BCUT2D eigenvalue weighted by Gasteiger charge is 2.10. The topological polar surface area (TPSA) is 56.1 Å². The highest BCUT2D eigenvalue weighted by atomic mass is 16.5. The molecular weight excluding hydrogens is 386 g/mol. The van der Waals surface area contributed by atoms with Gasteiger partial charge in [0.1, 0.15) is 11.6 Å². The minimum atomic E-state index is 0.0506. The van der Waals surface area contributed by atoms with Gasteiger partial charge in [0.25, 0.3) is 0 Å². The Kier molecular flexibility index (Phi) is 8.51. The first-order valence-corrected chi connectivity index (χ1v) is 11.5. The molecule has 1 heterocycles. The smallest absolute Gasteiger partial charge is 0.222 e. The van der Waals surface area contributed by atoms with Gasteiger partial charge in [0.2, 0.25) is 5.91 Å². The van der Waals surface area contributed by atoms with Crippen LogP contribution in [0.2, 0.25) is 0 Å². The maximum absolute atomic E-state index is 11.6. The van der Waals surface area contributed by atoms with Crippen LogP contribution in [-0.4, -0.2) is 28.6 Å². The average Bonchev–Trinajstić information content (AvgIpc) is 3.12. The number of aromatic nitrogens is 2. The summed E-state index contributed by atoms with van der Waals surface area (Å²) in [5.41, 5.74) is 3.42. The predicted octanol–water partition coefficient (Wildman–Crippen LogP) is 5.30. The lowest BCUT2D eigenvalue weighted by Crippen LogP contribution is -2.28. The Balaban J connectivity index is 1.51. The van der Waals surface area contributed by atoms with Crippen LogP contribution < -0.4 is 10.1 Å². The van der Waals surface area contributed by atoms with Gasteiger partial charge in [-0.2, -0.15) is 0 Å². The SMILES string of the molecule is Cc1ccccc1OCCCn1c(CCCCCNC(=O)C(C)C)nc2ccccc21. The molecule has 0 saturated carbocycles. The lowest BCUT2D eigenvalue weighted by molar-refractivity contribution is -0.123. The first kappa shape index (κ1) is 22.9. The number of aryl methyl sites for hydroxylation is 3. The maximum atomic E-state index is 11.6. The van der Waals surface area contributed by atoms with Crippen LogP contribution in [0.3, 0.4) is 0 Å². The number of fused-ring (bicyclic) bond motifs is 1. The Bertz CT molecular complexity index is 978. The third-order valence-electron chi connectivity index (χ3n) is 5.51. The Morgan fingerprint density at radius 2 is 1.81 bits per heavy atom. The van der Waals surface area contributed by atoms with Crippen LogP contribution in [0.25, 0.3) is 11.0 Å². The van der Waals surface area contributed by atoms with Gasteiger partial charge in [-0.05, 0) is 49.9 Å². The van der Waals surface area contributed by atoms with E-state index in [1.807, 2.05) is 38.1 Å². The van der Waals surface area contributed by atoms with Crippen molar-refractivity contribution >= 4 is 16.9 Å². The van der Waals surface area contributed by atoms with Crippen LogP contribution in [0.1, 0.15) is 50.9 Å². The standard InChI is InChI=1S/C26H35N3O2/c1-20(2)26(30)27-17-10-4-5-16-25-28-22-13-7-8-14-23(22)29(25)18-11-19-31-24-15-9-6-12-21(24)3/h6-9,12-15,20H,4-5,10-11,16-19H2,1-3H3,(H,27,30). The van der Waals surface area contributed by atoms with Crippen molar-refractivity contribution in [2.45, 2.75) is 59.4 Å².